The maximum absolute atomic E-state index is 13.8. The first-order valence-electron chi connectivity index (χ1n) is 8.64. The van der Waals surface area contributed by atoms with Gasteiger partial charge in [-0.2, -0.15) is 0 Å². The largest absolute Gasteiger partial charge is 0.437 e. The number of aromatic nitrogens is 1. The summed E-state index contributed by atoms with van der Waals surface area (Å²) in [5.74, 6) is -0.304. The van der Waals surface area contributed by atoms with E-state index >= 15 is 0 Å². The molecule has 1 N–H and O–H groups in total. The van der Waals surface area contributed by atoms with Crippen LogP contribution in [-0.2, 0) is 5.41 Å². The van der Waals surface area contributed by atoms with Crippen LogP contribution in [-0.4, -0.2) is 10.9 Å². The number of nitrogens with zero attached hydrogens (tertiary/aromatic N) is 1. The van der Waals surface area contributed by atoms with Crippen molar-refractivity contribution in [3.05, 3.63) is 83.8 Å². The van der Waals surface area contributed by atoms with E-state index in [1.54, 1.807) is 24.4 Å². The molecule has 0 fully saturated rings. The molecule has 1 amide bonds. The summed E-state index contributed by atoms with van der Waals surface area (Å²) in [4.78, 5) is 16.5. The molecule has 3 aromatic rings. The molecule has 0 saturated carbocycles. The Morgan fingerprint density at radius 1 is 1.00 bits per heavy atom. The summed E-state index contributed by atoms with van der Waals surface area (Å²) in [5, 5.41) is 2.66. The molecule has 3 rings (SSSR count). The number of benzene rings is 2. The van der Waals surface area contributed by atoms with Gasteiger partial charge in [0.15, 0.2) is 0 Å². The molecule has 27 heavy (non-hydrogen) atoms. The SMILES string of the molecule is CC(C)(C)c1ccc(Oc2ncccc2NC(=O)c2ccccc2F)cc1. The van der Waals surface area contributed by atoms with E-state index in [0.29, 0.717) is 11.4 Å². The number of ether oxygens (including phenoxy) is 1. The molecule has 5 heteroatoms. The zero-order chi connectivity index (χ0) is 19.4. The van der Waals surface area contributed by atoms with Crippen molar-refractivity contribution in [3.63, 3.8) is 0 Å². The zero-order valence-electron chi connectivity index (χ0n) is 15.5. The van der Waals surface area contributed by atoms with Crippen LogP contribution in [0.3, 0.4) is 0 Å². The second-order valence-corrected chi connectivity index (χ2v) is 7.17. The van der Waals surface area contributed by atoms with Crippen molar-refractivity contribution < 1.29 is 13.9 Å². The van der Waals surface area contributed by atoms with Crippen LogP contribution >= 0.6 is 0 Å². The van der Waals surface area contributed by atoms with Gasteiger partial charge in [0, 0.05) is 6.20 Å². The Bertz CT molecular complexity index is 947. The predicted molar refractivity (Wildman–Crippen MR) is 104 cm³/mol. The second kappa shape index (κ2) is 7.58. The molecule has 0 bridgehead atoms. The summed E-state index contributed by atoms with van der Waals surface area (Å²) in [6.07, 6.45) is 1.57. The Morgan fingerprint density at radius 2 is 1.70 bits per heavy atom. The molecule has 0 saturated heterocycles. The van der Waals surface area contributed by atoms with Gasteiger partial charge in [0.2, 0.25) is 5.88 Å². The lowest BCUT2D eigenvalue weighted by molar-refractivity contribution is 0.102. The molecule has 0 spiro atoms. The number of carbonyl (C=O) groups excluding carboxylic acids is 1. The van der Waals surface area contributed by atoms with Crippen LogP contribution in [0.1, 0.15) is 36.7 Å². The molecular formula is C22H21FN2O2. The number of pyridine rings is 1. The Labute approximate surface area is 158 Å². The van der Waals surface area contributed by atoms with Crippen LogP contribution in [0, 0.1) is 5.82 Å². The summed E-state index contributed by atoms with van der Waals surface area (Å²) < 4.78 is 19.6. The first kappa shape index (κ1) is 18.6. The molecule has 1 heterocycles. The number of hydrogen-bond donors (Lipinski definition) is 1. The molecule has 2 aromatic carbocycles. The van der Waals surface area contributed by atoms with E-state index in [1.807, 2.05) is 24.3 Å². The highest BCUT2D eigenvalue weighted by atomic mass is 19.1. The second-order valence-electron chi connectivity index (χ2n) is 7.17. The minimum atomic E-state index is -0.584. The minimum absolute atomic E-state index is 0.0400. The van der Waals surface area contributed by atoms with Gasteiger partial charge in [-0.15, -0.1) is 0 Å². The van der Waals surface area contributed by atoms with Crippen molar-refractivity contribution >= 4 is 11.6 Å². The number of amides is 1. The number of anilines is 1. The fourth-order valence-corrected chi connectivity index (χ4v) is 2.54. The normalized spacial score (nSPS) is 11.1. The molecule has 0 unspecified atom stereocenters. The summed E-state index contributed by atoms with van der Waals surface area (Å²) in [6.45, 7) is 6.41. The van der Waals surface area contributed by atoms with Gasteiger partial charge >= 0.3 is 0 Å². The lowest BCUT2D eigenvalue weighted by Crippen LogP contribution is -2.14. The van der Waals surface area contributed by atoms with E-state index < -0.39 is 11.7 Å². The summed E-state index contributed by atoms with van der Waals surface area (Å²) in [5.41, 5.74) is 1.55. The van der Waals surface area contributed by atoms with Crippen molar-refractivity contribution in [2.24, 2.45) is 0 Å². The Morgan fingerprint density at radius 3 is 2.37 bits per heavy atom. The summed E-state index contributed by atoms with van der Waals surface area (Å²) in [7, 11) is 0. The van der Waals surface area contributed by atoms with Crippen molar-refractivity contribution in [2.75, 3.05) is 5.32 Å². The van der Waals surface area contributed by atoms with Crippen LogP contribution in [0.2, 0.25) is 0 Å². The molecule has 0 aliphatic carbocycles. The number of rotatable bonds is 4. The molecule has 1 aromatic heterocycles. The van der Waals surface area contributed by atoms with E-state index in [-0.39, 0.29) is 16.9 Å². The lowest BCUT2D eigenvalue weighted by atomic mass is 9.87. The first-order valence-corrected chi connectivity index (χ1v) is 8.64. The quantitative estimate of drug-likeness (QED) is 0.659. The summed E-state index contributed by atoms with van der Waals surface area (Å²) >= 11 is 0. The van der Waals surface area contributed by atoms with Gasteiger partial charge in [0.25, 0.3) is 5.91 Å². The van der Waals surface area contributed by atoms with Gasteiger partial charge in [-0.3, -0.25) is 4.79 Å². The average molecular weight is 364 g/mol. The van der Waals surface area contributed by atoms with E-state index in [0.717, 1.165) is 0 Å². The van der Waals surface area contributed by atoms with Gasteiger partial charge in [-0.25, -0.2) is 9.37 Å². The lowest BCUT2D eigenvalue weighted by Gasteiger charge is -2.19. The third kappa shape index (κ3) is 4.50. The van der Waals surface area contributed by atoms with Crippen LogP contribution < -0.4 is 10.1 Å². The smallest absolute Gasteiger partial charge is 0.258 e. The molecule has 0 atom stereocenters. The number of carbonyl (C=O) groups is 1. The summed E-state index contributed by atoms with van der Waals surface area (Å²) in [6, 6.07) is 16.8. The third-order valence-corrected chi connectivity index (χ3v) is 4.07. The highest BCUT2D eigenvalue weighted by molar-refractivity contribution is 6.05. The molecule has 138 valence electrons. The Kier molecular flexibility index (Phi) is 5.21. The maximum atomic E-state index is 13.8. The van der Waals surface area contributed by atoms with Crippen LogP contribution in [0.5, 0.6) is 11.6 Å². The zero-order valence-corrected chi connectivity index (χ0v) is 15.5. The molecule has 0 radical (unpaired) electrons. The predicted octanol–water partition coefficient (Wildman–Crippen LogP) is 5.56. The first-order chi connectivity index (χ1) is 12.8. The number of halogens is 1. The highest BCUT2D eigenvalue weighted by Gasteiger charge is 2.16. The molecule has 0 aliphatic rings. The van der Waals surface area contributed by atoms with Crippen molar-refractivity contribution in [1.29, 1.82) is 0 Å². The monoisotopic (exact) mass is 364 g/mol. The molecular weight excluding hydrogens is 343 g/mol. The van der Waals surface area contributed by atoms with Crippen molar-refractivity contribution in [1.82, 2.24) is 4.98 Å². The van der Waals surface area contributed by atoms with Crippen molar-refractivity contribution in [2.45, 2.75) is 26.2 Å². The fraction of sp³-hybridized carbons (Fsp3) is 0.182. The van der Waals surface area contributed by atoms with Gasteiger partial charge in [-0.1, -0.05) is 45.0 Å². The minimum Gasteiger partial charge on any atom is -0.437 e. The maximum Gasteiger partial charge on any atom is 0.258 e. The van der Waals surface area contributed by atoms with Crippen LogP contribution in [0.25, 0.3) is 0 Å². The number of nitrogens with one attached hydrogen (secondary N) is 1. The topological polar surface area (TPSA) is 51.2 Å². The van der Waals surface area contributed by atoms with E-state index in [4.69, 9.17) is 4.74 Å². The van der Waals surface area contributed by atoms with Gasteiger partial charge < -0.3 is 10.1 Å². The standard InChI is InChI=1S/C22H21FN2O2/c1-22(2,3)15-10-12-16(13-11-15)27-21-19(9-6-14-24-21)25-20(26)17-7-4-5-8-18(17)23/h4-14H,1-3H3,(H,25,26). The Balaban J connectivity index is 1.80. The van der Waals surface area contributed by atoms with E-state index in [9.17, 15) is 9.18 Å². The van der Waals surface area contributed by atoms with Crippen LogP contribution in [0.4, 0.5) is 10.1 Å². The third-order valence-electron chi connectivity index (χ3n) is 4.07. The fourth-order valence-electron chi connectivity index (χ4n) is 2.54. The van der Waals surface area contributed by atoms with Gasteiger partial charge in [0.1, 0.15) is 17.3 Å². The average Bonchev–Trinajstić information content (AvgIpc) is 2.63. The number of hydrogen-bond acceptors (Lipinski definition) is 3. The molecule has 0 aliphatic heterocycles. The highest BCUT2D eigenvalue weighted by Crippen LogP contribution is 2.29. The van der Waals surface area contributed by atoms with Crippen LogP contribution in [0.15, 0.2) is 66.9 Å². The molecule has 4 nitrogen and oxygen atoms in total. The van der Waals surface area contributed by atoms with Gasteiger partial charge in [-0.05, 0) is 47.4 Å². The van der Waals surface area contributed by atoms with E-state index in [1.165, 1.54) is 23.8 Å². The van der Waals surface area contributed by atoms with Crippen molar-refractivity contribution in [3.8, 4) is 11.6 Å². The Hall–Kier alpha value is -3.21. The van der Waals surface area contributed by atoms with Gasteiger partial charge in [0.05, 0.1) is 5.56 Å². The van der Waals surface area contributed by atoms with E-state index in [2.05, 4.69) is 31.1 Å².